The van der Waals surface area contributed by atoms with Gasteiger partial charge in [-0.25, -0.2) is 0 Å². The Balaban J connectivity index is 2.47. The lowest BCUT2D eigenvalue weighted by Crippen LogP contribution is -2.07. The van der Waals surface area contributed by atoms with Crippen molar-refractivity contribution in [1.29, 1.82) is 0 Å². The Bertz CT molecular complexity index is 355. The second-order valence-corrected chi connectivity index (χ2v) is 5.43. The molecule has 0 saturated carbocycles. The van der Waals surface area contributed by atoms with Crippen molar-refractivity contribution in [2.45, 2.75) is 18.6 Å². The Morgan fingerprint density at radius 1 is 1.56 bits per heavy atom. The fraction of sp³-hybridized carbons (Fsp3) is 0.417. The van der Waals surface area contributed by atoms with Gasteiger partial charge in [0.1, 0.15) is 0 Å². The molecule has 1 rings (SSSR count). The molecule has 1 unspecified atom stereocenters. The minimum atomic E-state index is 0.0808. The van der Waals surface area contributed by atoms with Crippen LogP contribution in [-0.4, -0.2) is 28.5 Å². The molecule has 1 aromatic carbocycles. The number of benzene rings is 1. The van der Waals surface area contributed by atoms with Gasteiger partial charge in [0, 0.05) is 22.4 Å². The summed E-state index contributed by atoms with van der Waals surface area (Å²) >= 11 is 7.37. The van der Waals surface area contributed by atoms with Crippen LogP contribution < -0.4 is 0 Å². The standard InChI is InChI=1S/C12H15ClO2S/c1-9(5-6-14)16-8-12(15)10-3-2-4-11(13)7-10/h2-4,7,9,14H,5-6,8H2,1H3. The van der Waals surface area contributed by atoms with Crippen molar-refractivity contribution in [2.75, 3.05) is 12.4 Å². The zero-order chi connectivity index (χ0) is 12.0. The molecule has 88 valence electrons. The van der Waals surface area contributed by atoms with Gasteiger partial charge >= 0.3 is 0 Å². The smallest absolute Gasteiger partial charge is 0.172 e. The summed E-state index contributed by atoms with van der Waals surface area (Å²) < 4.78 is 0. The van der Waals surface area contributed by atoms with Crippen LogP contribution in [0.3, 0.4) is 0 Å². The van der Waals surface area contributed by atoms with Crippen molar-refractivity contribution >= 4 is 29.1 Å². The molecule has 16 heavy (non-hydrogen) atoms. The molecule has 0 spiro atoms. The molecular formula is C12H15ClO2S. The molecule has 0 saturated heterocycles. The van der Waals surface area contributed by atoms with E-state index >= 15 is 0 Å². The molecule has 0 aromatic heterocycles. The van der Waals surface area contributed by atoms with Gasteiger partial charge in [0.25, 0.3) is 0 Å². The molecule has 4 heteroatoms. The van der Waals surface area contributed by atoms with E-state index in [0.29, 0.717) is 28.0 Å². The summed E-state index contributed by atoms with van der Waals surface area (Å²) in [6.45, 7) is 2.17. The van der Waals surface area contributed by atoms with Gasteiger partial charge in [0.15, 0.2) is 5.78 Å². The summed E-state index contributed by atoms with van der Waals surface area (Å²) in [4.78, 5) is 11.8. The van der Waals surface area contributed by atoms with E-state index in [2.05, 4.69) is 0 Å². The van der Waals surface area contributed by atoms with E-state index < -0.39 is 0 Å². The molecule has 1 aromatic rings. The van der Waals surface area contributed by atoms with Crippen LogP contribution in [0.1, 0.15) is 23.7 Å². The van der Waals surface area contributed by atoms with Crippen molar-refractivity contribution in [3.8, 4) is 0 Å². The van der Waals surface area contributed by atoms with Crippen LogP contribution in [0.25, 0.3) is 0 Å². The Kier molecular flexibility index (Phi) is 5.88. The van der Waals surface area contributed by atoms with E-state index in [0.717, 1.165) is 0 Å². The second-order valence-electron chi connectivity index (χ2n) is 3.57. The molecule has 0 bridgehead atoms. The highest BCUT2D eigenvalue weighted by atomic mass is 35.5. The Morgan fingerprint density at radius 3 is 2.94 bits per heavy atom. The van der Waals surface area contributed by atoms with Crippen molar-refractivity contribution < 1.29 is 9.90 Å². The second kappa shape index (κ2) is 6.94. The highest BCUT2D eigenvalue weighted by Gasteiger charge is 2.09. The quantitative estimate of drug-likeness (QED) is 0.797. The number of carbonyl (C=O) groups excluding carboxylic acids is 1. The average Bonchev–Trinajstić information content (AvgIpc) is 2.26. The van der Waals surface area contributed by atoms with Crippen molar-refractivity contribution in [2.24, 2.45) is 0 Å². The molecular weight excluding hydrogens is 244 g/mol. The maximum absolute atomic E-state index is 11.8. The highest BCUT2D eigenvalue weighted by Crippen LogP contribution is 2.17. The van der Waals surface area contributed by atoms with E-state index in [9.17, 15) is 4.79 Å². The lowest BCUT2D eigenvalue weighted by molar-refractivity contribution is 0.102. The number of carbonyl (C=O) groups is 1. The van der Waals surface area contributed by atoms with Crippen molar-refractivity contribution in [3.63, 3.8) is 0 Å². The zero-order valence-corrected chi connectivity index (χ0v) is 10.7. The Morgan fingerprint density at radius 2 is 2.31 bits per heavy atom. The van der Waals surface area contributed by atoms with Gasteiger partial charge in [0.05, 0.1) is 5.75 Å². The van der Waals surface area contributed by atoms with Crippen molar-refractivity contribution in [1.82, 2.24) is 0 Å². The van der Waals surface area contributed by atoms with Gasteiger partial charge in [-0.3, -0.25) is 4.79 Å². The number of ketones is 1. The summed E-state index contributed by atoms with van der Waals surface area (Å²) in [5.74, 6) is 0.513. The van der Waals surface area contributed by atoms with Gasteiger partial charge in [0.2, 0.25) is 0 Å². The SMILES string of the molecule is CC(CCO)SCC(=O)c1cccc(Cl)c1. The molecule has 0 fully saturated rings. The summed E-state index contributed by atoms with van der Waals surface area (Å²) in [5.41, 5.74) is 0.649. The molecule has 0 radical (unpaired) electrons. The van der Waals surface area contributed by atoms with E-state index in [-0.39, 0.29) is 12.4 Å². The lowest BCUT2D eigenvalue weighted by Gasteiger charge is -2.08. The minimum absolute atomic E-state index is 0.0808. The average molecular weight is 259 g/mol. The van der Waals surface area contributed by atoms with Gasteiger partial charge in [-0.05, 0) is 18.6 Å². The highest BCUT2D eigenvalue weighted by molar-refractivity contribution is 8.00. The van der Waals surface area contributed by atoms with Crippen molar-refractivity contribution in [3.05, 3.63) is 34.9 Å². The fourth-order valence-electron chi connectivity index (χ4n) is 1.23. The number of Topliss-reactive ketones (excluding diaryl/α,β-unsaturated/α-hetero) is 1. The number of hydrogen-bond acceptors (Lipinski definition) is 3. The van der Waals surface area contributed by atoms with Gasteiger partial charge in [-0.2, -0.15) is 11.8 Å². The van der Waals surface area contributed by atoms with Crippen LogP contribution in [-0.2, 0) is 0 Å². The molecule has 0 aliphatic rings. The first-order valence-corrected chi connectivity index (χ1v) is 6.57. The van der Waals surface area contributed by atoms with Gasteiger partial charge in [-0.1, -0.05) is 30.7 Å². The summed E-state index contributed by atoms with van der Waals surface area (Å²) in [5, 5.41) is 9.62. The number of aliphatic hydroxyl groups is 1. The van der Waals surface area contributed by atoms with Gasteiger partial charge < -0.3 is 5.11 Å². The fourth-order valence-corrected chi connectivity index (χ4v) is 2.29. The third-order valence-corrected chi connectivity index (χ3v) is 3.65. The maximum atomic E-state index is 11.8. The Hall–Kier alpha value is -0.510. The van der Waals surface area contributed by atoms with Crippen LogP contribution in [0, 0.1) is 0 Å². The van der Waals surface area contributed by atoms with Crippen LogP contribution in [0.2, 0.25) is 5.02 Å². The molecule has 1 N–H and O–H groups in total. The van der Waals surface area contributed by atoms with Crippen LogP contribution in [0.5, 0.6) is 0 Å². The summed E-state index contributed by atoms with van der Waals surface area (Å²) in [6, 6.07) is 6.98. The zero-order valence-electron chi connectivity index (χ0n) is 9.15. The largest absolute Gasteiger partial charge is 0.396 e. The number of thioether (sulfide) groups is 1. The molecule has 1 atom stereocenters. The number of hydrogen-bond donors (Lipinski definition) is 1. The number of halogens is 1. The Labute approximate surface area is 105 Å². The predicted molar refractivity (Wildman–Crippen MR) is 69.4 cm³/mol. The van der Waals surface area contributed by atoms with E-state index in [1.165, 1.54) is 0 Å². The topological polar surface area (TPSA) is 37.3 Å². The number of aliphatic hydroxyl groups excluding tert-OH is 1. The third-order valence-electron chi connectivity index (χ3n) is 2.18. The molecule has 0 amide bonds. The monoisotopic (exact) mass is 258 g/mol. The normalized spacial score (nSPS) is 12.4. The summed E-state index contributed by atoms with van der Waals surface area (Å²) in [6.07, 6.45) is 0.716. The first kappa shape index (κ1) is 13.6. The van der Waals surface area contributed by atoms with E-state index in [4.69, 9.17) is 16.7 Å². The first-order valence-electron chi connectivity index (χ1n) is 5.14. The van der Waals surface area contributed by atoms with Crippen LogP contribution in [0.15, 0.2) is 24.3 Å². The maximum Gasteiger partial charge on any atom is 0.172 e. The van der Waals surface area contributed by atoms with Crippen LogP contribution in [0.4, 0.5) is 0 Å². The predicted octanol–water partition coefficient (Wildman–Crippen LogP) is 3.03. The van der Waals surface area contributed by atoms with Gasteiger partial charge in [-0.15, -0.1) is 0 Å². The summed E-state index contributed by atoms with van der Waals surface area (Å²) in [7, 11) is 0. The number of rotatable bonds is 6. The lowest BCUT2D eigenvalue weighted by atomic mass is 10.1. The first-order chi connectivity index (χ1) is 7.63. The third kappa shape index (κ3) is 4.56. The molecule has 0 aliphatic heterocycles. The van der Waals surface area contributed by atoms with E-state index in [1.54, 1.807) is 36.0 Å². The van der Waals surface area contributed by atoms with E-state index in [1.807, 2.05) is 6.92 Å². The van der Waals surface area contributed by atoms with Crippen LogP contribution >= 0.6 is 23.4 Å². The molecule has 0 heterocycles. The minimum Gasteiger partial charge on any atom is -0.396 e. The molecule has 2 nitrogen and oxygen atoms in total. The molecule has 0 aliphatic carbocycles.